The molecule has 4 nitrogen and oxygen atoms in total. The van der Waals surface area contributed by atoms with Gasteiger partial charge in [0, 0.05) is 4.47 Å². The van der Waals surface area contributed by atoms with E-state index in [2.05, 4.69) is 21.2 Å². The highest BCUT2D eigenvalue weighted by Gasteiger charge is 2.15. The van der Waals surface area contributed by atoms with Gasteiger partial charge >= 0.3 is 5.97 Å². The Kier molecular flexibility index (Phi) is 5.68. The fraction of sp³-hybridized carbons (Fsp3) is 0.333. The number of aromatic carboxylic acids is 1. The Bertz CT molecular complexity index is 463. The van der Waals surface area contributed by atoms with Crippen molar-refractivity contribution in [3.8, 4) is 0 Å². The molecule has 1 aromatic carbocycles. The van der Waals surface area contributed by atoms with Crippen molar-refractivity contribution < 1.29 is 14.7 Å². The summed E-state index contributed by atoms with van der Waals surface area (Å²) in [4.78, 5) is 22.7. The van der Waals surface area contributed by atoms with Gasteiger partial charge in [-0.15, -0.1) is 11.8 Å². The summed E-state index contributed by atoms with van der Waals surface area (Å²) in [6.07, 6.45) is 0. The zero-order valence-electron chi connectivity index (χ0n) is 10.1. The molecule has 0 atom stereocenters. The van der Waals surface area contributed by atoms with Crippen LogP contribution in [0.4, 0.5) is 5.69 Å². The van der Waals surface area contributed by atoms with Gasteiger partial charge in [-0.25, -0.2) is 4.79 Å². The predicted octanol–water partition coefficient (Wildman–Crippen LogP) is 3.23. The van der Waals surface area contributed by atoms with Crippen molar-refractivity contribution in [2.24, 2.45) is 0 Å². The number of hydrogen-bond acceptors (Lipinski definition) is 3. The number of hydrogen-bond donors (Lipinski definition) is 2. The Morgan fingerprint density at radius 2 is 2.11 bits per heavy atom. The van der Waals surface area contributed by atoms with Crippen LogP contribution in [0.5, 0.6) is 0 Å². The summed E-state index contributed by atoms with van der Waals surface area (Å²) in [5.74, 6) is -0.968. The van der Waals surface area contributed by atoms with E-state index in [4.69, 9.17) is 5.11 Å². The minimum atomic E-state index is -1.07. The maximum atomic E-state index is 11.7. The number of thioether (sulfide) groups is 1. The van der Waals surface area contributed by atoms with Gasteiger partial charge < -0.3 is 10.4 Å². The number of carbonyl (C=O) groups excluding carboxylic acids is 1. The van der Waals surface area contributed by atoms with E-state index in [0.717, 1.165) is 0 Å². The zero-order valence-corrected chi connectivity index (χ0v) is 12.5. The molecule has 0 spiro atoms. The minimum absolute atomic E-state index is 0.0762. The first-order valence-electron chi connectivity index (χ1n) is 5.35. The van der Waals surface area contributed by atoms with Crippen LogP contribution >= 0.6 is 27.7 Å². The van der Waals surface area contributed by atoms with E-state index in [-0.39, 0.29) is 11.5 Å². The number of benzene rings is 1. The van der Waals surface area contributed by atoms with Crippen LogP contribution in [0.3, 0.4) is 0 Å². The summed E-state index contributed by atoms with van der Waals surface area (Å²) in [5.41, 5.74) is 0.381. The molecular weight excluding hydrogens is 318 g/mol. The molecule has 0 aliphatic heterocycles. The summed E-state index contributed by atoms with van der Waals surface area (Å²) in [6, 6.07) is 4.77. The minimum Gasteiger partial charge on any atom is -0.478 e. The van der Waals surface area contributed by atoms with Crippen molar-refractivity contribution in [2.75, 3.05) is 11.1 Å². The van der Waals surface area contributed by atoms with Gasteiger partial charge in [-0.1, -0.05) is 19.9 Å². The van der Waals surface area contributed by atoms with Crippen LogP contribution in [-0.4, -0.2) is 28.0 Å². The maximum absolute atomic E-state index is 11.7. The van der Waals surface area contributed by atoms with Crippen LogP contribution in [0, 0.1) is 0 Å². The van der Waals surface area contributed by atoms with Crippen LogP contribution < -0.4 is 5.32 Å². The van der Waals surface area contributed by atoms with E-state index in [9.17, 15) is 9.59 Å². The molecule has 0 fully saturated rings. The first kappa shape index (κ1) is 15.0. The Balaban J connectivity index is 2.83. The first-order valence-corrected chi connectivity index (χ1v) is 7.19. The van der Waals surface area contributed by atoms with Crippen molar-refractivity contribution in [2.45, 2.75) is 19.1 Å². The molecule has 6 heteroatoms. The lowest BCUT2D eigenvalue weighted by molar-refractivity contribution is -0.113. The van der Waals surface area contributed by atoms with Gasteiger partial charge in [0.05, 0.1) is 17.0 Å². The summed E-state index contributed by atoms with van der Waals surface area (Å²) < 4.78 is 0.560. The van der Waals surface area contributed by atoms with E-state index in [0.29, 0.717) is 21.2 Å². The first-order chi connectivity index (χ1) is 8.41. The quantitative estimate of drug-likeness (QED) is 0.869. The molecule has 1 aromatic rings. The third-order valence-electron chi connectivity index (χ3n) is 2.06. The van der Waals surface area contributed by atoms with E-state index in [1.807, 2.05) is 13.8 Å². The van der Waals surface area contributed by atoms with E-state index in [1.165, 1.54) is 17.8 Å². The zero-order chi connectivity index (χ0) is 13.7. The highest BCUT2D eigenvalue weighted by atomic mass is 79.9. The molecule has 0 saturated carbocycles. The summed E-state index contributed by atoms with van der Waals surface area (Å²) in [7, 11) is 0. The molecule has 18 heavy (non-hydrogen) atoms. The molecule has 0 aliphatic rings. The smallest absolute Gasteiger partial charge is 0.337 e. The van der Waals surface area contributed by atoms with Gasteiger partial charge in [-0.3, -0.25) is 4.79 Å². The second-order valence-electron chi connectivity index (χ2n) is 3.88. The average molecular weight is 332 g/mol. The second-order valence-corrected chi connectivity index (χ2v) is 6.29. The lowest BCUT2D eigenvalue weighted by atomic mass is 10.2. The van der Waals surface area contributed by atoms with Crippen LogP contribution in [0.1, 0.15) is 24.2 Å². The summed E-state index contributed by atoms with van der Waals surface area (Å²) >= 11 is 4.74. The van der Waals surface area contributed by atoms with Gasteiger partial charge in [0.1, 0.15) is 0 Å². The molecule has 0 aliphatic carbocycles. The fourth-order valence-corrected chi connectivity index (χ4v) is 2.27. The molecule has 98 valence electrons. The lowest BCUT2D eigenvalue weighted by Gasteiger charge is -2.11. The van der Waals surface area contributed by atoms with Crippen LogP contribution in [-0.2, 0) is 4.79 Å². The number of rotatable bonds is 5. The predicted molar refractivity (Wildman–Crippen MR) is 77.3 cm³/mol. The van der Waals surface area contributed by atoms with Crippen molar-refractivity contribution in [1.29, 1.82) is 0 Å². The van der Waals surface area contributed by atoms with E-state index in [1.54, 1.807) is 12.1 Å². The Labute approximate surface area is 118 Å². The second kappa shape index (κ2) is 6.80. The lowest BCUT2D eigenvalue weighted by Crippen LogP contribution is -2.18. The molecule has 0 heterocycles. The standard InChI is InChI=1S/C12H14BrNO3S/c1-7(2)18-6-10(15)14-11-8(12(16)17)4-3-5-9(11)13/h3-5,7H,6H2,1-2H3,(H,14,15)(H,16,17). The highest BCUT2D eigenvalue weighted by Crippen LogP contribution is 2.26. The molecule has 0 aromatic heterocycles. The van der Waals surface area contributed by atoms with Crippen molar-refractivity contribution >= 4 is 45.3 Å². The van der Waals surface area contributed by atoms with Gasteiger partial charge in [0.25, 0.3) is 0 Å². The number of anilines is 1. The van der Waals surface area contributed by atoms with Gasteiger partial charge in [-0.05, 0) is 33.3 Å². The molecule has 0 unspecified atom stereocenters. The normalized spacial score (nSPS) is 10.4. The summed E-state index contributed by atoms with van der Waals surface area (Å²) in [5, 5.41) is 12.0. The maximum Gasteiger partial charge on any atom is 0.337 e. The average Bonchev–Trinajstić information content (AvgIpc) is 2.28. The molecule has 1 rings (SSSR count). The molecule has 0 saturated heterocycles. The fourth-order valence-electron chi connectivity index (χ4n) is 1.25. The Morgan fingerprint density at radius 1 is 1.44 bits per heavy atom. The van der Waals surface area contributed by atoms with Crippen molar-refractivity contribution in [1.82, 2.24) is 0 Å². The largest absolute Gasteiger partial charge is 0.478 e. The number of halogens is 1. The number of carboxylic acids is 1. The van der Waals surface area contributed by atoms with Crippen LogP contribution in [0.2, 0.25) is 0 Å². The van der Waals surface area contributed by atoms with Crippen LogP contribution in [0.25, 0.3) is 0 Å². The monoisotopic (exact) mass is 331 g/mol. The number of amides is 1. The van der Waals surface area contributed by atoms with Crippen molar-refractivity contribution in [3.63, 3.8) is 0 Å². The third kappa shape index (κ3) is 4.34. The van der Waals surface area contributed by atoms with E-state index >= 15 is 0 Å². The highest BCUT2D eigenvalue weighted by molar-refractivity contribution is 9.10. The molecule has 2 N–H and O–H groups in total. The van der Waals surface area contributed by atoms with Gasteiger partial charge in [0.2, 0.25) is 5.91 Å². The Morgan fingerprint density at radius 3 is 2.67 bits per heavy atom. The number of carboxylic acid groups (broad SMARTS) is 1. The summed E-state index contributed by atoms with van der Waals surface area (Å²) in [6.45, 7) is 4.00. The SMILES string of the molecule is CC(C)SCC(=O)Nc1c(Br)cccc1C(=O)O. The molecule has 0 radical (unpaired) electrons. The number of para-hydroxylation sites is 1. The number of carbonyl (C=O) groups is 2. The van der Waals surface area contributed by atoms with Gasteiger partial charge in [0.15, 0.2) is 0 Å². The molecule has 1 amide bonds. The van der Waals surface area contributed by atoms with E-state index < -0.39 is 5.97 Å². The molecular formula is C12H14BrNO3S. The topological polar surface area (TPSA) is 66.4 Å². The van der Waals surface area contributed by atoms with Crippen LogP contribution in [0.15, 0.2) is 22.7 Å². The molecule has 0 bridgehead atoms. The Hall–Kier alpha value is -1.01. The number of nitrogens with one attached hydrogen (secondary N) is 1. The van der Waals surface area contributed by atoms with Gasteiger partial charge in [-0.2, -0.15) is 0 Å². The van der Waals surface area contributed by atoms with Crippen molar-refractivity contribution in [3.05, 3.63) is 28.2 Å². The third-order valence-corrected chi connectivity index (χ3v) is 3.81.